The van der Waals surface area contributed by atoms with Crippen LogP contribution in [-0.4, -0.2) is 39.8 Å². The van der Waals surface area contributed by atoms with E-state index in [1.807, 2.05) is 56.3 Å². The Morgan fingerprint density at radius 3 is 2.26 bits per heavy atom. The van der Waals surface area contributed by atoms with Gasteiger partial charge in [-0.2, -0.15) is 0 Å². The maximum atomic E-state index is 12.6. The van der Waals surface area contributed by atoms with E-state index in [0.29, 0.717) is 35.9 Å². The van der Waals surface area contributed by atoms with Gasteiger partial charge < -0.3 is 14.8 Å². The van der Waals surface area contributed by atoms with E-state index in [2.05, 4.69) is 5.32 Å². The fourth-order valence-electron chi connectivity index (χ4n) is 3.96. The van der Waals surface area contributed by atoms with Crippen molar-refractivity contribution in [2.24, 2.45) is 0 Å². The molecule has 0 unspecified atom stereocenters. The number of fused-ring (bicyclic) bond motifs is 1. The fraction of sp³-hybridized carbons (Fsp3) is 0.269. The molecule has 3 aromatic rings. The first-order valence-electron chi connectivity index (χ1n) is 11.0. The van der Waals surface area contributed by atoms with Gasteiger partial charge in [0.2, 0.25) is 10.0 Å². The number of hydrogen-bond donors (Lipinski definition) is 1. The van der Waals surface area contributed by atoms with Crippen molar-refractivity contribution in [2.75, 3.05) is 23.7 Å². The van der Waals surface area contributed by atoms with Crippen LogP contribution in [0.1, 0.15) is 27.0 Å². The van der Waals surface area contributed by atoms with Crippen molar-refractivity contribution in [1.82, 2.24) is 5.32 Å². The molecule has 8 heteroatoms. The maximum Gasteiger partial charge on any atom is 0.251 e. The van der Waals surface area contributed by atoms with E-state index in [4.69, 9.17) is 9.47 Å². The smallest absolute Gasteiger partial charge is 0.251 e. The summed E-state index contributed by atoms with van der Waals surface area (Å²) in [6.07, 6.45) is 0.926. The third-order valence-electron chi connectivity index (χ3n) is 5.69. The van der Waals surface area contributed by atoms with Gasteiger partial charge in [0.05, 0.1) is 25.0 Å². The van der Waals surface area contributed by atoms with Crippen molar-refractivity contribution >= 4 is 21.6 Å². The van der Waals surface area contributed by atoms with Crippen LogP contribution in [0.3, 0.4) is 0 Å². The summed E-state index contributed by atoms with van der Waals surface area (Å²) in [5.74, 6) is 1.13. The number of carbonyl (C=O) groups excluding carboxylic acids is 1. The summed E-state index contributed by atoms with van der Waals surface area (Å²) < 4.78 is 38.1. The van der Waals surface area contributed by atoms with E-state index in [0.717, 1.165) is 16.7 Å². The number of hydrogen-bond acceptors (Lipinski definition) is 5. The summed E-state index contributed by atoms with van der Waals surface area (Å²) in [7, 11) is -3.50. The normalized spacial score (nSPS) is 15.0. The second-order valence-corrected chi connectivity index (χ2v) is 10.3. The number of nitrogens with one attached hydrogen (secondary N) is 1. The van der Waals surface area contributed by atoms with Crippen LogP contribution in [0, 0.1) is 13.8 Å². The van der Waals surface area contributed by atoms with Crippen molar-refractivity contribution in [3.05, 3.63) is 89.0 Å². The predicted molar refractivity (Wildman–Crippen MR) is 132 cm³/mol. The second kappa shape index (κ2) is 9.77. The number of carbonyl (C=O) groups is 1. The van der Waals surface area contributed by atoms with Gasteiger partial charge >= 0.3 is 0 Å². The van der Waals surface area contributed by atoms with Gasteiger partial charge in [-0.1, -0.05) is 42.5 Å². The zero-order chi connectivity index (χ0) is 24.3. The van der Waals surface area contributed by atoms with Crippen LogP contribution in [-0.2, 0) is 16.6 Å². The first-order valence-corrected chi connectivity index (χ1v) is 12.9. The quantitative estimate of drug-likeness (QED) is 0.555. The van der Waals surface area contributed by atoms with Crippen LogP contribution in [0.15, 0.2) is 66.7 Å². The number of rotatable bonds is 7. The first kappa shape index (κ1) is 23.6. The second-order valence-electron chi connectivity index (χ2n) is 8.41. The van der Waals surface area contributed by atoms with Gasteiger partial charge in [0.25, 0.3) is 5.91 Å². The Kier molecular flexibility index (Phi) is 6.79. The monoisotopic (exact) mass is 480 g/mol. The molecular weight excluding hydrogens is 452 g/mol. The summed E-state index contributed by atoms with van der Waals surface area (Å²) in [6.45, 7) is 4.64. The van der Waals surface area contributed by atoms with Crippen LogP contribution in [0.5, 0.6) is 11.5 Å². The van der Waals surface area contributed by atoms with E-state index in [1.54, 1.807) is 24.3 Å². The van der Waals surface area contributed by atoms with Crippen LogP contribution >= 0.6 is 0 Å². The van der Waals surface area contributed by atoms with Gasteiger partial charge in [-0.3, -0.25) is 9.10 Å². The molecule has 1 heterocycles. The average Bonchev–Trinajstić information content (AvgIpc) is 2.81. The summed E-state index contributed by atoms with van der Waals surface area (Å²) in [5.41, 5.74) is 3.73. The highest BCUT2D eigenvalue weighted by Crippen LogP contribution is 2.31. The Hall–Kier alpha value is -3.52. The van der Waals surface area contributed by atoms with Crippen molar-refractivity contribution in [2.45, 2.75) is 26.5 Å². The lowest BCUT2D eigenvalue weighted by molar-refractivity contribution is 0.0789. The predicted octanol–water partition coefficient (Wildman–Crippen LogP) is 3.84. The highest BCUT2D eigenvalue weighted by molar-refractivity contribution is 7.92. The summed E-state index contributed by atoms with van der Waals surface area (Å²) in [6, 6.07) is 20.1. The Bertz CT molecular complexity index is 1270. The van der Waals surface area contributed by atoms with Gasteiger partial charge in [-0.05, 0) is 54.8 Å². The third-order valence-corrected chi connectivity index (χ3v) is 6.80. The molecule has 0 aliphatic carbocycles. The molecule has 0 bridgehead atoms. The molecule has 0 radical (unpaired) electrons. The van der Waals surface area contributed by atoms with Gasteiger partial charge in [0.1, 0.15) is 12.7 Å². The number of sulfonamides is 1. The summed E-state index contributed by atoms with van der Waals surface area (Å²) >= 11 is 0. The van der Waals surface area contributed by atoms with Crippen LogP contribution in [0.2, 0.25) is 0 Å². The average molecular weight is 481 g/mol. The van der Waals surface area contributed by atoms with E-state index in [-0.39, 0.29) is 18.6 Å². The molecule has 7 nitrogen and oxygen atoms in total. The topological polar surface area (TPSA) is 84.9 Å². The fourth-order valence-corrected chi connectivity index (χ4v) is 4.96. The van der Waals surface area contributed by atoms with Gasteiger partial charge in [-0.25, -0.2) is 8.42 Å². The van der Waals surface area contributed by atoms with Crippen molar-refractivity contribution < 1.29 is 22.7 Å². The lowest BCUT2D eigenvalue weighted by Gasteiger charge is -2.26. The lowest BCUT2D eigenvalue weighted by atomic mass is 10.1. The third kappa shape index (κ3) is 5.34. The minimum absolute atomic E-state index is 0.180. The number of amides is 1. The Morgan fingerprint density at radius 1 is 0.971 bits per heavy atom. The molecule has 0 saturated carbocycles. The van der Waals surface area contributed by atoms with E-state index < -0.39 is 10.0 Å². The minimum Gasteiger partial charge on any atom is -0.486 e. The number of benzene rings is 3. The van der Waals surface area contributed by atoms with E-state index >= 15 is 0 Å². The number of nitrogens with zero attached hydrogens (tertiary/aromatic N) is 1. The Labute approximate surface area is 200 Å². The first-order chi connectivity index (χ1) is 16.2. The summed E-state index contributed by atoms with van der Waals surface area (Å²) in [4.78, 5) is 12.6. The molecule has 4 rings (SSSR count). The molecule has 1 amide bonds. The number of aryl methyl sites for hydroxylation is 2. The molecule has 1 aliphatic heterocycles. The van der Waals surface area contributed by atoms with Gasteiger partial charge in [0, 0.05) is 5.56 Å². The van der Waals surface area contributed by atoms with E-state index in [1.165, 1.54) is 10.6 Å². The van der Waals surface area contributed by atoms with Crippen LogP contribution in [0.25, 0.3) is 0 Å². The molecule has 1 aliphatic rings. The largest absolute Gasteiger partial charge is 0.486 e. The molecular formula is C26H28N2O5S. The molecule has 0 fully saturated rings. The Morgan fingerprint density at radius 2 is 1.62 bits per heavy atom. The van der Waals surface area contributed by atoms with Crippen molar-refractivity contribution in [3.63, 3.8) is 0 Å². The SMILES string of the molecule is Cc1cccc(C)c1N(Cc1ccc(C(=O)NC[C@@H]2COc3ccccc3O2)cc1)S(C)(=O)=O. The summed E-state index contributed by atoms with van der Waals surface area (Å²) in [5, 5.41) is 2.87. The molecule has 34 heavy (non-hydrogen) atoms. The molecule has 1 atom stereocenters. The lowest BCUT2D eigenvalue weighted by Crippen LogP contribution is -2.40. The highest BCUT2D eigenvalue weighted by Gasteiger charge is 2.23. The minimum atomic E-state index is -3.50. The molecule has 3 aromatic carbocycles. The molecule has 178 valence electrons. The standard InChI is InChI=1S/C26H28N2O5S/c1-18-7-6-8-19(2)25(18)28(34(3,30)31)16-20-11-13-21(14-12-20)26(29)27-15-22-17-32-23-9-4-5-10-24(23)33-22/h4-14,22H,15-17H2,1-3H3,(H,27,29)/t22-/m1/s1. The van der Waals surface area contributed by atoms with E-state index in [9.17, 15) is 13.2 Å². The maximum absolute atomic E-state index is 12.6. The molecule has 0 aromatic heterocycles. The van der Waals surface area contributed by atoms with Crippen molar-refractivity contribution in [1.29, 1.82) is 0 Å². The highest BCUT2D eigenvalue weighted by atomic mass is 32.2. The van der Waals surface area contributed by atoms with Crippen LogP contribution in [0.4, 0.5) is 5.69 Å². The van der Waals surface area contributed by atoms with Crippen molar-refractivity contribution in [3.8, 4) is 11.5 Å². The van der Waals surface area contributed by atoms with Gasteiger partial charge in [-0.15, -0.1) is 0 Å². The molecule has 1 N–H and O–H groups in total. The molecule has 0 saturated heterocycles. The zero-order valence-corrected chi connectivity index (χ0v) is 20.3. The zero-order valence-electron chi connectivity index (χ0n) is 19.4. The number of anilines is 1. The number of para-hydroxylation sites is 3. The number of ether oxygens (including phenoxy) is 2. The van der Waals surface area contributed by atoms with Gasteiger partial charge in [0.15, 0.2) is 11.5 Å². The van der Waals surface area contributed by atoms with Crippen LogP contribution < -0.4 is 19.1 Å². The molecule has 0 spiro atoms. The Balaban J connectivity index is 1.41.